The summed E-state index contributed by atoms with van der Waals surface area (Å²) in [6.07, 6.45) is 0.615. The lowest BCUT2D eigenvalue weighted by molar-refractivity contribution is -0.127. The van der Waals surface area contributed by atoms with Gasteiger partial charge in [0.15, 0.2) is 6.10 Å². The second kappa shape index (κ2) is 13.5. The zero-order valence-electron chi connectivity index (χ0n) is 22.7. The summed E-state index contributed by atoms with van der Waals surface area (Å²) in [5.74, 6) is 0.416. The van der Waals surface area contributed by atoms with Gasteiger partial charge in [0.1, 0.15) is 23.9 Å². The number of nitrogens with zero attached hydrogens (tertiary/aromatic N) is 1. The van der Waals surface area contributed by atoms with E-state index in [-0.39, 0.29) is 16.3 Å². The van der Waals surface area contributed by atoms with Gasteiger partial charge in [-0.2, -0.15) is 5.10 Å². The van der Waals surface area contributed by atoms with Crippen LogP contribution in [0.2, 0.25) is 5.02 Å². The summed E-state index contributed by atoms with van der Waals surface area (Å²) in [5, 5.41) is 6.13. The number of hydrazone groups is 1. The third kappa shape index (κ3) is 7.13. The van der Waals surface area contributed by atoms with Gasteiger partial charge < -0.3 is 14.2 Å². The van der Waals surface area contributed by atoms with E-state index in [4.69, 9.17) is 25.8 Å². The summed E-state index contributed by atoms with van der Waals surface area (Å²) in [6.45, 7) is 2.08. The predicted octanol–water partition coefficient (Wildman–Crippen LogP) is 7.21. The van der Waals surface area contributed by atoms with Gasteiger partial charge in [-0.1, -0.05) is 84.4 Å². The molecule has 5 aromatic rings. The number of carbonyl (C=O) groups is 2. The van der Waals surface area contributed by atoms with Gasteiger partial charge in [-0.3, -0.25) is 4.79 Å². The van der Waals surface area contributed by atoms with E-state index in [0.29, 0.717) is 23.7 Å². The lowest BCUT2D eigenvalue weighted by atomic mass is 10.0. The zero-order valence-corrected chi connectivity index (χ0v) is 23.5. The van der Waals surface area contributed by atoms with Crippen LogP contribution in [0.1, 0.15) is 28.4 Å². The Morgan fingerprint density at radius 1 is 0.833 bits per heavy atom. The van der Waals surface area contributed by atoms with Gasteiger partial charge in [-0.05, 0) is 65.7 Å². The molecule has 0 saturated carbocycles. The van der Waals surface area contributed by atoms with Gasteiger partial charge in [0.25, 0.3) is 5.91 Å². The maximum Gasteiger partial charge on any atom is 0.345 e. The maximum atomic E-state index is 12.8. The molecular formula is C34H27ClN2O5. The third-order valence-corrected chi connectivity index (χ3v) is 6.68. The van der Waals surface area contributed by atoms with E-state index in [0.717, 1.165) is 16.3 Å². The Balaban J connectivity index is 1.23. The van der Waals surface area contributed by atoms with E-state index < -0.39 is 18.0 Å². The molecule has 0 aliphatic heterocycles. The first-order valence-corrected chi connectivity index (χ1v) is 13.6. The van der Waals surface area contributed by atoms with Crippen molar-refractivity contribution >= 4 is 40.5 Å². The number of carbonyl (C=O) groups excluding carboxylic acids is 2. The fourth-order valence-electron chi connectivity index (χ4n) is 4.14. The SMILES string of the molecule is C[C@@H](Oc1ccc(OCc2ccccc2)cc1)C(=O)N/N=C\c1c(OC(=O)c2ccccc2Cl)ccc2ccccc12. The summed E-state index contributed by atoms with van der Waals surface area (Å²) in [5.41, 5.74) is 4.34. The quantitative estimate of drug-likeness (QED) is 0.0819. The van der Waals surface area contributed by atoms with Gasteiger partial charge in [0.2, 0.25) is 0 Å². The number of hydrogen-bond donors (Lipinski definition) is 1. The average Bonchev–Trinajstić information content (AvgIpc) is 3.02. The Morgan fingerprint density at radius 2 is 1.52 bits per heavy atom. The lowest BCUT2D eigenvalue weighted by Gasteiger charge is -2.14. The molecule has 1 amide bonds. The fraction of sp³-hybridized carbons (Fsp3) is 0.0882. The van der Waals surface area contributed by atoms with Crippen LogP contribution in [0.5, 0.6) is 17.2 Å². The molecule has 0 bridgehead atoms. The van der Waals surface area contributed by atoms with E-state index in [9.17, 15) is 9.59 Å². The highest BCUT2D eigenvalue weighted by atomic mass is 35.5. The van der Waals surface area contributed by atoms with Crippen molar-refractivity contribution in [3.8, 4) is 17.2 Å². The topological polar surface area (TPSA) is 86.2 Å². The number of esters is 1. The number of fused-ring (bicyclic) bond motifs is 1. The number of benzene rings is 5. The molecule has 0 saturated heterocycles. The van der Waals surface area contributed by atoms with Gasteiger partial charge in [0, 0.05) is 5.56 Å². The molecule has 42 heavy (non-hydrogen) atoms. The van der Waals surface area contributed by atoms with Crippen LogP contribution in [-0.2, 0) is 11.4 Å². The summed E-state index contributed by atoms with van der Waals surface area (Å²) in [7, 11) is 0. The molecule has 1 atom stereocenters. The summed E-state index contributed by atoms with van der Waals surface area (Å²) in [4.78, 5) is 25.6. The molecule has 0 radical (unpaired) electrons. The Hall–Kier alpha value is -5.14. The molecule has 1 N–H and O–H groups in total. The van der Waals surface area contributed by atoms with Crippen molar-refractivity contribution in [1.29, 1.82) is 0 Å². The van der Waals surface area contributed by atoms with E-state index in [1.807, 2.05) is 60.7 Å². The number of rotatable bonds is 10. The van der Waals surface area contributed by atoms with Crippen molar-refractivity contribution in [2.75, 3.05) is 0 Å². The number of ether oxygens (including phenoxy) is 3. The Kier molecular flexibility index (Phi) is 9.11. The molecule has 0 spiro atoms. The minimum absolute atomic E-state index is 0.241. The Labute approximate surface area is 248 Å². The van der Waals surface area contributed by atoms with Crippen molar-refractivity contribution in [2.45, 2.75) is 19.6 Å². The fourth-order valence-corrected chi connectivity index (χ4v) is 4.36. The van der Waals surface area contributed by atoms with Crippen molar-refractivity contribution in [3.05, 3.63) is 137 Å². The van der Waals surface area contributed by atoms with Crippen molar-refractivity contribution in [2.24, 2.45) is 5.10 Å². The molecule has 8 heteroatoms. The van der Waals surface area contributed by atoms with E-state index in [1.54, 1.807) is 61.5 Å². The summed E-state index contributed by atoms with van der Waals surface area (Å²) >= 11 is 6.18. The predicted molar refractivity (Wildman–Crippen MR) is 163 cm³/mol. The first-order valence-electron chi connectivity index (χ1n) is 13.2. The number of halogens is 1. The highest BCUT2D eigenvalue weighted by molar-refractivity contribution is 6.33. The van der Waals surface area contributed by atoms with E-state index >= 15 is 0 Å². The van der Waals surface area contributed by atoms with Crippen molar-refractivity contribution < 1.29 is 23.8 Å². The van der Waals surface area contributed by atoms with Crippen LogP contribution >= 0.6 is 11.6 Å². The molecule has 0 aromatic heterocycles. The number of amides is 1. The highest BCUT2D eigenvalue weighted by Crippen LogP contribution is 2.28. The third-order valence-electron chi connectivity index (χ3n) is 6.35. The summed E-state index contributed by atoms with van der Waals surface area (Å²) in [6, 6.07) is 34.7. The maximum absolute atomic E-state index is 12.8. The van der Waals surface area contributed by atoms with Gasteiger partial charge in [-0.15, -0.1) is 0 Å². The molecule has 0 heterocycles. The lowest BCUT2D eigenvalue weighted by Crippen LogP contribution is -2.33. The van der Waals surface area contributed by atoms with Gasteiger partial charge >= 0.3 is 5.97 Å². The standard InChI is InChI=1S/C34H27ClN2O5/c1-23(41-27-18-16-26(17-19-27)40-22-24-9-3-2-4-10-24)33(38)37-36-21-30-28-12-6-5-11-25(28)15-20-32(30)42-34(39)29-13-7-8-14-31(29)35/h2-21,23H,22H2,1H3,(H,37,38)/b36-21-/t23-/m1/s1. The minimum Gasteiger partial charge on any atom is -0.489 e. The Bertz CT molecular complexity index is 1720. The van der Waals surface area contributed by atoms with Crippen LogP contribution in [-0.4, -0.2) is 24.2 Å². The van der Waals surface area contributed by atoms with Crippen LogP contribution in [0.4, 0.5) is 0 Å². The van der Waals surface area contributed by atoms with Crippen LogP contribution in [0.3, 0.4) is 0 Å². The van der Waals surface area contributed by atoms with Gasteiger partial charge in [-0.25, -0.2) is 10.2 Å². The van der Waals surface area contributed by atoms with Crippen molar-refractivity contribution in [1.82, 2.24) is 5.43 Å². The Morgan fingerprint density at radius 3 is 2.31 bits per heavy atom. The molecule has 0 unspecified atom stereocenters. The first-order chi connectivity index (χ1) is 20.5. The average molecular weight is 579 g/mol. The zero-order chi connectivity index (χ0) is 29.3. The molecule has 210 valence electrons. The van der Waals surface area contributed by atoms with E-state index in [1.165, 1.54) is 6.21 Å². The van der Waals surface area contributed by atoms with Crippen LogP contribution in [0.25, 0.3) is 10.8 Å². The minimum atomic E-state index is -0.830. The number of hydrogen-bond acceptors (Lipinski definition) is 6. The van der Waals surface area contributed by atoms with Crippen LogP contribution in [0, 0.1) is 0 Å². The summed E-state index contributed by atoms with van der Waals surface area (Å²) < 4.78 is 17.3. The molecule has 0 fully saturated rings. The van der Waals surface area contributed by atoms with Crippen LogP contribution < -0.4 is 19.6 Å². The van der Waals surface area contributed by atoms with E-state index in [2.05, 4.69) is 10.5 Å². The smallest absolute Gasteiger partial charge is 0.345 e. The second-order valence-corrected chi connectivity index (χ2v) is 9.72. The van der Waals surface area contributed by atoms with Crippen LogP contribution in [0.15, 0.2) is 120 Å². The molecule has 5 aromatic carbocycles. The molecule has 0 aliphatic carbocycles. The highest BCUT2D eigenvalue weighted by Gasteiger charge is 2.17. The molecule has 7 nitrogen and oxygen atoms in total. The van der Waals surface area contributed by atoms with Gasteiger partial charge in [0.05, 0.1) is 16.8 Å². The first kappa shape index (κ1) is 28.4. The monoisotopic (exact) mass is 578 g/mol. The molecule has 5 rings (SSSR count). The largest absolute Gasteiger partial charge is 0.489 e. The number of nitrogens with one attached hydrogen (secondary N) is 1. The molecule has 0 aliphatic rings. The second-order valence-electron chi connectivity index (χ2n) is 9.31. The molecular weight excluding hydrogens is 552 g/mol. The van der Waals surface area contributed by atoms with Crippen molar-refractivity contribution in [3.63, 3.8) is 0 Å². The normalized spacial score (nSPS) is 11.7.